The standard InChI is InChI=1S/C2H12O3Si3/c1-6(3)8(5)7(2)4/h3-8H,1-2H3. The molecule has 6 heteroatoms. The second kappa shape index (κ2) is 3.54. The molecule has 0 saturated heterocycles. The number of hydrogen-bond acceptors (Lipinski definition) is 3. The normalized spacial score (nSPS) is 22.1. The fraction of sp³-hybridized carbons (Fsp3) is 1.00. The van der Waals surface area contributed by atoms with Crippen molar-refractivity contribution in [2.45, 2.75) is 13.1 Å². The van der Waals surface area contributed by atoms with E-state index in [0.717, 1.165) is 0 Å². The molecule has 0 aromatic heterocycles. The summed E-state index contributed by atoms with van der Waals surface area (Å²) in [7, 11) is -5.59. The van der Waals surface area contributed by atoms with E-state index in [2.05, 4.69) is 0 Å². The summed E-state index contributed by atoms with van der Waals surface area (Å²) >= 11 is 0. The summed E-state index contributed by atoms with van der Waals surface area (Å²) in [5.74, 6) is 0. The van der Waals surface area contributed by atoms with Crippen LogP contribution in [0.15, 0.2) is 0 Å². The third-order valence-corrected chi connectivity index (χ3v) is 18.9. The Hall–Kier alpha value is 0.531. The van der Waals surface area contributed by atoms with Gasteiger partial charge in [0.2, 0.25) is 8.08 Å². The van der Waals surface area contributed by atoms with E-state index in [0.29, 0.717) is 0 Å². The van der Waals surface area contributed by atoms with E-state index < -0.39 is 25.2 Å². The smallest absolute Gasteiger partial charge is 0.203 e. The summed E-state index contributed by atoms with van der Waals surface area (Å²) in [5.41, 5.74) is 0. The highest BCUT2D eigenvalue weighted by Crippen LogP contribution is 1.85. The Kier molecular flexibility index (Phi) is 3.77. The van der Waals surface area contributed by atoms with Crippen LogP contribution >= 0.6 is 0 Å². The molecule has 0 aliphatic rings. The van der Waals surface area contributed by atoms with Crippen molar-refractivity contribution < 1.29 is 14.4 Å². The minimum absolute atomic E-state index is 1.66. The topological polar surface area (TPSA) is 60.7 Å². The summed E-state index contributed by atoms with van der Waals surface area (Å²) in [6.45, 7) is 3.33. The lowest BCUT2D eigenvalue weighted by Gasteiger charge is -2.09. The van der Waals surface area contributed by atoms with Crippen LogP contribution in [-0.2, 0) is 0 Å². The number of hydrogen-bond donors (Lipinski definition) is 3. The minimum Gasteiger partial charge on any atom is -0.436 e. The van der Waals surface area contributed by atoms with Crippen molar-refractivity contribution in [3.05, 3.63) is 0 Å². The van der Waals surface area contributed by atoms with E-state index in [1.165, 1.54) is 0 Å². The quantitative estimate of drug-likeness (QED) is 0.401. The lowest BCUT2D eigenvalue weighted by molar-refractivity contribution is 0.542. The Morgan fingerprint density at radius 2 is 1.12 bits per heavy atom. The first-order valence-electron chi connectivity index (χ1n) is 2.60. The van der Waals surface area contributed by atoms with Crippen LogP contribution in [0.25, 0.3) is 0 Å². The van der Waals surface area contributed by atoms with Crippen molar-refractivity contribution in [3.8, 4) is 0 Å². The monoisotopic (exact) mass is 168 g/mol. The molecule has 0 aliphatic heterocycles. The van der Waals surface area contributed by atoms with Crippen LogP contribution in [-0.4, -0.2) is 39.6 Å². The summed E-state index contributed by atoms with van der Waals surface area (Å²) < 4.78 is 0. The second-order valence-electron chi connectivity index (χ2n) is 1.97. The van der Waals surface area contributed by atoms with Gasteiger partial charge in [0.15, 0.2) is 17.1 Å². The van der Waals surface area contributed by atoms with Gasteiger partial charge in [-0.15, -0.1) is 0 Å². The molecule has 8 heavy (non-hydrogen) atoms. The lowest BCUT2D eigenvalue weighted by atomic mass is 11.9. The van der Waals surface area contributed by atoms with E-state index in [1.807, 2.05) is 0 Å². The highest BCUT2D eigenvalue weighted by atomic mass is 29.6. The van der Waals surface area contributed by atoms with Gasteiger partial charge < -0.3 is 14.4 Å². The molecule has 0 saturated carbocycles. The third-order valence-electron chi connectivity index (χ3n) is 0.989. The SMILES string of the molecule is C[SiH](O)[SiH](O)[SiH](C)O. The zero-order valence-electron chi connectivity index (χ0n) is 5.07. The van der Waals surface area contributed by atoms with Gasteiger partial charge in [0.25, 0.3) is 0 Å². The Morgan fingerprint density at radius 1 is 0.875 bits per heavy atom. The lowest BCUT2D eigenvalue weighted by Crippen LogP contribution is -2.45. The first-order chi connectivity index (χ1) is 3.55. The molecule has 0 rings (SSSR count). The van der Waals surface area contributed by atoms with E-state index in [4.69, 9.17) is 14.4 Å². The maximum atomic E-state index is 8.97. The molecule has 0 bridgehead atoms. The Morgan fingerprint density at radius 3 is 1.12 bits per heavy atom. The van der Waals surface area contributed by atoms with Crippen LogP contribution in [0.1, 0.15) is 0 Å². The summed E-state index contributed by atoms with van der Waals surface area (Å²) in [6.07, 6.45) is 0. The molecule has 0 amide bonds. The van der Waals surface area contributed by atoms with Crippen LogP contribution in [0.3, 0.4) is 0 Å². The summed E-state index contributed by atoms with van der Waals surface area (Å²) in [6, 6.07) is 0. The molecule has 0 heterocycles. The first kappa shape index (κ1) is 8.53. The van der Waals surface area contributed by atoms with Crippen molar-refractivity contribution in [3.63, 3.8) is 0 Å². The zero-order chi connectivity index (χ0) is 6.73. The molecule has 0 fully saturated rings. The Labute approximate surface area is 53.4 Å². The molecule has 2 atom stereocenters. The number of rotatable bonds is 2. The van der Waals surface area contributed by atoms with E-state index in [-0.39, 0.29) is 0 Å². The fourth-order valence-corrected chi connectivity index (χ4v) is 10.9. The fourth-order valence-electron chi connectivity index (χ4n) is 0.403. The first-order valence-corrected chi connectivity index (χ1v) is 11.8. The highest BCUT2D eigenvalue weighted by molar-refractivity contribution is 7.43. The van der Waals surface area contributed by atoms with Crippen molar-refractivity contribution >= 4 is 25.2 Å². The third kappa shape index (κ3) is 2.75. The van der Waals surface area contributed by atoms with E-state index >= 15 is 0 Å². The van der Waals surface area contributed by atoms with Gasteiger partial charge in [-0.05, 0) is 13.1 Å². The van der Waals surface area contributed by atoms with Gasteiger partial charge in [0, 0.05) is 0 Å². The highest BCUT2D eigenvalue weighted by Gasteiger charge is 2.22. The Bertz CT molecular complexity index is 57.5. The Balaban J connectivity index is 3.46. The maximum Gasteiger partial charge on any atom is 0.203 e. The van der Waals surface area contributed by atoms with Crippen molar-refractivity contribution in [1.29, 1.82) is 0 Å². The predicted octanol–water partition coefficient (Wildman–Crippen LogP) is -2.45. The van der Waals surface area contributed by atoms with Gasteiger partial charge in [0.05, 0.1) is 0 Å². The van der Waals surface area contributed by atoms with Gasteiger partial charge in [-0.25, -0.2) is 0 Å². The molecule has 0 spiro atoms. The molecule has 0 aliphatic carbocycles. The summed E-state index contributed by atoms with van der Waals surface area (Å²) in [5, 5.41) is 0. The minimum atomic E-state index is -1.96. The summed E-state index contributed by atoms with van der Waals surface area (Å²) in [4.78, 5) is 26.6. The van der Waals surface area contributed by atoms with E-state index in [1.54, 1.807) is 13.1 Å². The van der Waals surface area contributed by atoms with Gasteiger partial charge in [-0.2, -0.15) is 0 Å². The van der Waals surface area contributed by atoms with E-state index in [9.17, 15) is 0 Å². The zero-order valence-corrected chi connectivity index (χ0v) is 8.54. The molecule has 0 radical (unpaired) electrons. The largest absolute Gasteiger partial charge is 0.436 e. The molecular weight excluding hydrogens is 156 g/mol. The molecule has 0 aromatic rings. The van der Waals surface area contributed by atoms with Crippen LogP contribution < -0.4 is 0 Å². The van der Waals surface area contributed by atoms with Crippen molar-refractivity contribution in [2.24, 2.45) is 0 Å². The van der Waals surface area contributed by atoms with Crippen molar-refractivity contribution in [1.82, 2.24) is 0 Å². The average molecular weight is 168 g/mol. The predicted molar refractivity (Wildman–Crippen MR) is 39.8 cm³/mol. The van der Waals surface area contributed by atoms with Gasteiger partial charge >= 0.3 is 0 Å². The van der Waals surface area contributed by atoms with Crippen LogP contribution in [0.2, 0.25) is 13.1 Å². The molecule has 3 N–H and O–H groups in total. The van der Waals surface area contributed by atoms with Crippen LogP contribution in [0.5, 0.6) is 0 Å². The van der Waals surface area contributed by atoms with Crippen LogP contribution in [0.4, 0.5) is 0 Å². The molecular formula is C2H12O3Si3. The average Bonchev–Trinajstić information content (AvgIpc) is 1.64. The molecule has 2 unspecified atom stereocenters. The van der Waals surface area contributed by atoms with Gasteiger partial charge in [-0.1, -0.05) is 0 Å². The molecule has 50 valence electrons. The van der Waals surface area contributed by atoms with Crippen LogP contribution in [0, 0.1) is 0 Å². The van der Waals surface area contributed by atoms with Gasteiger partial charge in [0.1, 0.15) is 0 Å². The molecule has 0 aromatic carbocycles. The van der Waals surface area contributed by atoms with Gasteiger partial charge in [-0.3, -0.25) is 0 Å². The second-order valence-corrected chi connectivity index (χ2v) is 18.1. The van der Waals surface area contributed by atoms with Crippen molar-refractivity contribution in [2.75, 3.05) is 0 Å². The maximum absolute atomic E-state index is 8.97. The molecule has 3 nitrogen and oxygen atoms in total.